The van der Waals surface area contributed by atoms with Gasteiger partial charge in [0.2, 0.25) is 0 Å². The van der Waals surface area contributed by atoms with Crippen molar-refractivity contribution in [3.8, 4) is 11.5 Å². The van der Waals surface area contributed by atoms with Gasteiger partial charge >= 0.3 is 0 Å². The number of guanidine groups is 1. The predicted octanol–water partition coefficient (Wildman–Crippen LogP) is 2.67. The molecule has 0 saturated heterocycles. The second kappa shape index (κ2) is 14.9. The van der Waals surface area contributed by atoms with E-state index in [9.17, 15) is 0 Å². The average molecular weight is 480 g/mol. The smallest absolute Gasteiger partial charge is 0.195 e. The van der Waals surface area contributed by atoms with Gasteiger partial charge in [0.25, 0.3) is 0 Å². The summed E-state index contributed by atoms with van der Waals surface area (Å²) in [5, 5.41) is 6.56. The molecule has 0 unspecified atom stereocenters. The zero-order valence-corrected chi connectivity index (χ0v) is 18.8. The summed E-state index contributed by atoms with van der Waals surface area (Å²) < 4.78 is 16.0. The molecular weight excluding hydrogens is 447 g/mol. The first kappa shape index (κ1) is 24.7. The maximum absolute atomic E-state index is 5.62. The van der Waals surface area contributed by atoms with E-state index in [1.807, 2.05) is 32.0 Å². The Balaban J connectivity index is 0.00000625. The lowest BCUT2D eigenvalue weighted by atomic mass is 10.2. The van der Waals surface area contributed by atoms with Gasteiger partial charge in [-0.1, -0.05) is 0 Å². The van der Waals surface area contributed by atoms with E-state index in [4.69, 9.17) is 14.2 Å². The van der Waals surface area contributed by atoms with Crippen LogP contribution in [-0.2, 0) is 4.74 Å². The lowest BCUT2D eigenvalue weighted by Gasteiger charge is -2.16. The van der Waals surface area contributed by atoms with E-state index >= 15 is 0 Å². The fourth-order valence-corrected chi connectivity index (χ4v) is 2.16. The van der Waals surface area contributed by atoms with Crippen LogP contribution in [0.25, 0.3) is 0 Å². The molecule has 26 heavy (non-hydrogen) atoms. The minimum absolute atomic E-state index is 0. The predicted molar refractivity (Wildman–Crippen MR) is 119 cm³/mol. The third-order valence-corrected chi connectivity index (χ3v) is 3.50. The molecule has 0 aliphatic carbocycles. The van der Waals surface area contributed by atoms with Gasteiger partial charge in [-0.2, -0.15) is 0 Å². The molecule has 1 rings (SSSR count). The van der Waals surface area contributed by atoms with E-state index in [2.05, 4.69) is 27.6 Å². The first-order valence-corrected chi connectivity index (χ1v) is 8.68. The van der Waals surface area contributed by atoms with Crippen LogP contribution in [-0.4, -0.2) is 71.5 Å². The zero-order chi connectivity index (χ0) is 18.5. The molecule has 0 fully saturated rings. The average Bonchev–Trinajstić information content (AvgIpc) is 2.60. The van der Waals surface area contributed by atoms with Crippen LogP contribution in [0, 0.1) is 0 Å². The number of anilines is 1. The van der Waals surface area contributed by atoms with E-state index < -0.39 is 0 Å². The van der Waals surface area contributed by atoms with E-state index in [0.29, 0.717) is 24.7 Å². The summed E-state index contributed by atoms with van der Waals surface area (Å²) in [4.78, 5) is 6.81. The maximum atomic E-state index is 5.62. The molecule has 1 aromatic rings. The van der Waals surface area contributed by atoms with E-state index in [0.717, 1.165) is 37.9 Å². The van der Waals surface area contributed by atoms with Crippen LogP contribution in [0.5, 0.6) is 11.5 Å². The van der Waals surface area contributed by atoms with Crippen LogP contribution in [0.1, 0.15) is 13.8 Å². The van der Waals surface area contributed by atoms with Crippen LogP contribution >= 0.6 is 24.0 Å². The summed E-state index contributed by atoms with van der Waals surface area (Å²) in [6.07, 6.45) is 0. The van der Waals surface area contributed by atoms with Crippen molar-refractivity contribution < 1.29 is 14.2 Å². The molecule has 1 aromatic carbocycles. The number of ether oxygens (including phenoxy) is 3. The molecule has 0 aromatic heterocycles. The molecular formula is C18H33IN4O3. The van der Waals surface area contributed by atoms with Crippen molar-refractivity contribution in [2.75, 3.05) is 66.0 Å². The number of rotatable bonds is 11. The van der Waals surface area contributed by atoms with Crippen molar-refractivity contribution in [3.05, 3.63) is 18.2 Å². The van der Waals surface area contributed by atoms with Crippen molar-refractivity contribution in [3.63, 3.8) is 0 Å². The van der Waals surface area contributed by atoms with Gasteiger partial charge in [-0.3, -0.25) is 4.99 Å². The van der Waals surface area contributed by atoms with Crippen LogP contribution in [0.2, 0.25) is 0 Å². The lowest BCUT2D eigenvalue weighted by Crippen LogP contribution is -2.32. The minimum atomic E-state index is 0. The molecule has 0 radical (unpaired) electrons. The van der Waals surface area contributed by atoms with Gasteiger partial charge in [0.05, 0.1) is 26.9 Å². The first-order chi connectivity index (χ1) is 12.1. The summed E-state index contributed by atoms with van der Waals surface area (Å²) in [5.41, 5.74) is 0.900. The monoisotopic (exact) mass is 480 g/mol. The Labute approximate surface area is 174 Å². The number of hydrogen-bond donors (Lipinski definition) is 2. The highest BCUT2D eigenvalue weighted by Crippen LogP contribution is 2.30. The Morgan fingerprint density at radius 1 is 1.15 bits per heavy atom. The summed E-state index contributed by atoms with van der Waals surface area (Å²) in [7, 11) is 5.41. The SMILES string of the molecule is CCNC(=NCCN(C)CCOC)Nc1ccc(OC)c(OCC)c1.I. The Morgan fingerprint density at radius 3 is 2.54 bits per heavy atom. The van der Waals surface area contributed by atoms with Gasteiger partial charge in [0, 0.05) is 38.5 Å². The normalized spacial score (nSPS) is 11.1. The first-order valence-electron chi connectivity index (χ1n) is 8.68. The molecule has 0 saturated carbocycles. The lowest BCUT2D eigenvalue weighted by molar-refractivity contribution is 0.163. The number of aliphatic imine (C=N–C) groups is 1. The van der Waals surface area contributed by atoms with Gasteiger partial charge in [-0.15, -0.1) is 24.0 Å². The van der Waals surface area contributed by atoms with Gasteiger partial charge < -0.3 is 29.7 Å². The van der Waals surface area contributed by atoms with Crippen molar-refractivity contribution in [2.45, 2.75) is 13.8 Å². The molecule has 2 N–H and O–H groups in total. The Kier molecular flexibility index (Phi) is 14.1. The van der Waals surface area contributed by atoms with Crippen LogP contribution < -0.4 is 20.1 Å². The topological polar surface area (TPSA) is 67.4 Å². The molecule has 0 heterocycles. The fourth-order valence-electron chi connectivity index (χ4n) is 2.16. The number of halogens is 1. The van der Waals surface area contributed by atoms with Gasteiger partial charge in [-0.05, 0) is 33.0 Å². The third kappa shape index (κ3) is 9.44. The summed E-state index contributed by atoms with van der Waals surface area (Å²) >= 11 is 0. The maximum Gasteiger partial charge on any atom is 0.195 e. The molecule has 0 amide bonds. The minimum Gasteiger partial charge on any atom is -0.493 e. The second-order valence-electron chi connectivity index (χ2n) is 5.48. The molecule has 0 bridgehead atoms. The van der Waals surface area contributed by atoms with Gasteiger partial charge in [0.1, 0.15) is 0 Å². The second-order valence-corrected chi connectivity index (χ2v) is 5.48. The molecule has 150 valence electrons. The largest absolute Gasteiger partial charge is 0.493 e. The highest BCUT2D eigenvalue weighted by Gasteiger charge is 2.07. The highest BCUT2D eigenvalue weighted by molar-refractivity contribution is 14.0. The highest BCUT2D eigenvalue weighted by atomic mass is 127. The Hall–Kier alpha value is -1.26. The zero-order valence-electron chi connectivity index (χ0n) is 16.5. The summed E-state index contributed by atoms with van der Waals surface area (Å²) in [6.45, 7) is 8.56. The molecule has 0 atom stereocenters. The molecule has 8 heteroatoms. The number of likely N-dealkylation sites (N-methyl/N-ethyl adjacent to an activating group) is 1. The van der Waals surface area contributed by atoms with Crippen LogP contribution in [0.15, 0.2) is 23.2 Å². The summed E-state index contributed by atoms with van der Waals surface area (Å²) in [5.74, 6) is 2.18. The van der Waals surface area contributed by atoms with Crippen molar-refractivity contribution in [1.82, 2.24) is 10.2 Å². The van der Waals surface area contributed by atoms with Crippen LogP contribution in [0.3, 0.4) is 0 Å². The number of nitrogens with zero attached hydrogens (tertiary/aromatic N) is 2. The molecule has 0 aliphatic rings. The van der Waals surface area contributed by atoms with E-state index in [1.165, 1.54) is 0 Å². The number of nitrogens with one attached hydrogen (secondary N) is 2. The molecule has 0 aliphatic heterocycles. The van der Waals surface area contributed by atoms with Crippen molar-refractivity contribution in [2.24, 2.45) is 4.99 Å². The fraction of sp³-hybridized carbons (Fsp3) is 0.611. The van der Waals surface area contributed by atoms with Crippen molar-refractivity contribution in [1.29, 1.82) is 0 Å². The standard InChI is InChI=1S/C18H32N4O3.HI/c1-6-19-18(20-10-11-22(3)12-13-23-4)21-15-8-9-16(24-5)17(14-15)25-7-2;/h8-9,14H,6-7,10-13H2,1-5H3,(H2,19,20,21);1H. The number of methoxy groups -OCH3 is 2. The van der Waals surface area contributed by atoms with E-state index in [-0.39, 0.29) is 24.0 Å². The molecule has 0 spiro atoms. The Morgan fingerprint density at radius 2 is 1.92 bits per heavy atom. The van der Waals surface area contributed by atoms with E-state index in [1.54, 1.807) is 14.2 Å². The number of benzene rings is 1. The molecule has 7 nitrogen and oxygen atoms in total. The van der Waals surface area contributed by atoms with Crippen molar-refractivity contribution >= 4 is 35.6 Å². The van der Waals surface area contributed by atoms with Gasteiger partial charge in [-0.25, -0.2) is 0 Å². The Bertz CT molecular complexity index is 529. The number of hydrogen-bond acceptors (Lipinski definition) is 5. The quantitative estimate of drug-likeness (QED) is 0.289. The third-order valence-electron chi connectivity index (χ3n) is 3.50. The van der Waals surface area contributed by atoms with Gasteiger partial charge in [0.15, 0.2) is 17.5 Å². The summed E-state index contributed by atoms with van der Waals surface area (Å²) in [6, 6.07) is 5.74. The van der Waals surface area contributed by atoms with Crippen LogP contribution in [0.4, 0.5) is 5.69 Å².